The number of aromatic nitrogens is 1. The van der Waals surface area contributed by atoms with Gasteiger partial charge in [0, 0.05) is 0 Å². The van der Waals surface area contributed by atoms with Crippen molar-refractivity contribution in [1.29, 1.82) is 0 Å². The van der Waals surface area contributed by atoms with E-state index in [4.69, 9.17) is 38.2 Å². The van der Waals surface area contributed by atoms with Gasteiger partial charge in [-0.3, -0.25) is 4.99 Å². The van der Waals surface area contributed by atoms with Crippen LogP contribution < -0.4 is 0 Å². The molecule has 0 amide bonds. The maximum absolute atomic E-state index is 4.97. The first-order valence-corrected chi connectivity index (χ1v) is 15.8. The summed E-state index contributed by atoms with van der Waals surface area (Å²) < 4.78 is 0. The SMILES string of the molecule is C(=Nc1ccccc1)c1cccc(-c2ccccc2[N-]c2ccccc2)n1.[Cl][Ti+]([Cl])[Cl]. The molecule has 0 aliphatic heterocycles. The minimum absolute atomic E-state index is 0.811. The summed E-state index contributed by atoms with van der Waals surface area (Å²) in [6.45, 7) is 0. The summed E-state index contributed by atoms with van der Waals surface area (Å²) in [4.78, 5) is 9.24. The normalized spacial score (nSPS) is 10.3. The summed E-state index contributed by atoms with van der Waals surface area (Å²) in [5, 5.41) is 4.77. The van der Waals surface area contributed by atoms with Crippen molar-refractivity contribution >= 4 is 51.2 Å². The number of para-hydroxylation sites is 3. The van der Waals surface area contributed by atoms with Crippen LogP contribution in [0, 0.1) is 0 Å². The monoisotopic (exact) mass is 501 g/mol. The van der Waals surface area contributed by atoms with Gasteiger partial charge in [-0.05, 0) is 29.8 Å². The number of rotatable bonds is 5. The molecule has 4 aromatic rings. The molecule has 0 radical (unpaired) electrons. The van der Waals surface area contributed by atoms with Crippen molar-refractivity contribution in [2.75, 3.05) is 0 Å². The topological polar surface area (TPSA) is 39.4 Å². The number of halogens is 3. The molecule has 0 N–H and O–H groups in total. The predicted octanol–water partition coefficient (Wildman–Crippen LogP) is 8.90. The Balaban J connectivity index is 0.000000628. The standard InChI is InChI=1S/C24H18N3.3ClH.Ti/c1-3-10-19(11-4-1)25-18-21-14-9-17-24(27-21)22-15-7-8-16-23(22)26-20-12-5-2-6-13-20;;;;/h1-18H;3*1H;/q-1;;;;+4/p-3. The van der Waals surface area contributed by atoms with Gasteiger partial charge in [0.25, 0.3) is 0 Å². The van der Waals surface area contributed by atoms with E-state index >= 15 is 0 Å². The van der Waals surface area contributed by atoms with Crippen LogP contribution in [0.25, 0.3) is 16.6 Å². The molecule has 1 heterocycles. The van der Waals surface area contributed by atoms with E-state index in [9.17, 15) is 0 Å². The quantitative estimate of drug-likeness (QED) is 0.198. The van der Waals surface area contributed by atoms with Crippen molar-refractivity contribution in [3.8, 4) is 11.3 Å². The Morgan fingerprint density at radius 3 is 2.03 bits per heavy atom. The van der Waals surface area contributed by atoms with Gasteiger partial charge in [0.1, 0.15) is 0 Å². The molecule has 154 valence electrons. The van der Waals surface area contributed by atoms with E-state index in [0.29, 0.717) is 0 Å². The van der Waals surface area contributed by atoms with Crippen LogP contribution in [0.3, 0.4) is 0 Å². The van der Waals surface area contributed by atoms with E-state index in [1.807, 2.05) is 103 Å². The van der Waals surface area contributed by atoms with Crippen LogP contribution in [0.4, 0.5) is 17.1 Å². The molecule has 1 aromatic heterocycles. The first kappa shape index (κ1) is 23.5. The molecule has 0 saturated heterocycles. The van der Waals surface area contributed by atoms with Gasteiger partial charge in [-0.1, -0.05) is 78.9 Å². The summed E-state index contributed by atoms with van der Waals surface area (Å²) in [6.07, 6.45) is 1.79. The molecule has 3 aromatic carbocycles. The average Bonchev–Trinajstić information content (AvgIpc) is 2.79. The zero-order valence-electron chi connectivity index (χ0n) is 16.4. The minimum atomic E-state index is -1.92. The van der Waals surface area contributed by atoms with Crippen molar-refractivity contribution in [1.82, 2.24) is 4.98 Å². The number of hydrogen-bond acceptors (Lipinski definition) is 2. The summed E-state index contributed by atoms with van der Waals surface area (Å²) in [7, 11) is 14.9. The van der Waals surface area contributed by atoms with E-state index in [0.717, 1.165) is 34.0 Å². The summed E-state index contributed by atoms with van der Waals surface area (Å²) >= 11 is -1.92. The van der Waals surface area contributed by atoms with Crippen LogP contribution in [0.5, 0.6) is 0 Å². The van der Waals surface area contributed by atoms with Crippen LogP contribution in [0.15, 0.2) is 108 Å². The van der Waals surface area contributed by atoms with E-state index in [1.54, 1.807) is 6.21 Å². The Morgan fingerprint density at radius 2 is 1.32 bits per heavy atom. The van der Waals surface area contributed by atoms with Gasteiger partial charge in [-0.15, -0.1) is 11.4 Å². The van der Waals surface area contributed by atoms with E-state index in [2.05, 4.69) is 4.99 Å². The molecular formula is C24H18Cl3N3Ti. The number of hydrogen-bond donors (Lipinski definition) is 0. The predicted molar refractivity (Wildman–Crippen MR) is 130 cm³/mol. The van der Waals surface area contributed by atoms with Gasteiger partial charge in [0.05, 0.1) is 23.3 Å². The molecular weight excluding hydrogens is 485 g/mol. The molecule has 7 heteroatoms. The fourth-order valence-corrected chi connectivity index (χ4v) is 2.76. The van der Waals surface area contributed by atoms with Crippen molar-refractivity contribution in [2.45, 2.75) is 0 Å². The van der Waals surface area contributed by atoms with Crippen LogP contribution in [0.1, 0.15) is 5.69 Å². The molecule has 0 aliphatic rings. The Hall–Kier alpha value is -2.14. The van der Waals surface area contributed by atoms with Gasteiger partial charge in [0.15, 0.2) is 0 Å². The van der Waals surface area contributed by atoms with Crippen molar-refractivity contribution in [2.24, 2.45) is 4.99 Å². The molecule has 0 atom stereocenters. The molecule has 31 heavy (non-hydrogen) atoms. The second-order valence-corrected chi connectivity index (χ2v) is 14.0. The van der Waals surface area contributed by atoms with Crippen molar-refractivity contribution in [3.63, 3.8) is 0 Å². The van der Waals surface area contributed by atoms with Gasteiger partial charge in [-0.25, -0.2) is 4.98 Å². The van der Waals surface area contributed by atoms with Crippen LogP contribution in [-0.4, -0.2) is 11.2 Å². The van der Waals surface area contributed by atoms with E-state index in [1.165, 1.54) is 0 Å². The second kappa shape index (κ2) is 12.7. The van der Waals surface area contributed by atoms with Gasteiger partial charge in [0.2, 0.25) is 0 Å². The second-order valence-electron chi connectivity index (χ2n) is 6.22. The molecule has 0 spiro atoms. The summed E-state index contributed by atoms with van der Waals surface area (Å²) in [5.74, 6) is 0. The number of nitrogens with zero attached hydrogens (tertiary/aromatic N) is 3. The van der Waals surface area contributed by atoms with Gasteiger partial charge < -0.3 is 5.32 Å². The van der Waals surface area contributed by atoms with Crippen LogP contribution in [0.2, 0.25) is 0 Å². The first-order valence-electron chi connectivity index (χ1n) is 9.37. The molecule has 0 aliphatic carbocycles. The molecule has 3 nitrogen and oxygen atoms in total. The van der Waals surface area contributed by atoms with E-state index < -0.39 is 14.7 Å². The first-order chi connectivity index (χ1) is 15.1. The van der Waals surface area contributed by atoms with Crippen LogP contribution >= 0.6 is 27.9 Å². The Kier molecular flexibility index (Phi) is 9.60. The Morgan fingerprint density at radius 1 is 0.710 bits per heavy atom. The molecule has 0 bridgehead atoms. The van der Waals surface area contributed by atoms with Crippen LogP contribution in [-0.2, 0) is 14.7 Å². The number of benzene rings is 3. The zero-order chi connectivity index (χ0) is 21.9. The number of pyridine rings is 1. The third-order valence-corrected chi connectivity index (χ3v) is 4.06. The van der Waals surface area contributed by atoms with Crippen molar-refractivity contribution < 1.29 is 14.7 Å². The Labute approximate surface area is 200 Å². The van der Waals surface area contributed by atoms with Gasteiger partial charge in [-0.2, -0.15) is 0 Å². The fraction of sp³-hybridized carbons (Fsp3) is 0. The number of aliphatic imine (C=N–C) groups is 1. The van der Waals surface area contributed by atoms with Gasteiger partial charge >= 0.3 is 42.6 Å². The average molecular weight is 503 g/mol. The summed E-state index contributed by atoms with van der Waals surface area (Å²) in [5.41, 5.74) is 5.41. The zero-order valence-corrected chi connectivity index (χ0v) is 20.2. The maximum atomic E-state index is 4.97. The third kappa shape index (κ3) is 8.14. The molecule has 0 saturated carbocycles. The van der Waals surface area contributed by atoms with E-state index in [-0.39, 0.29) is 0 Å². The summed E-state index contributed by atoms with van der Waals surface area (Å²) in [6, 6.07) is 33.8. The third-order valence-electron chi connectivity index (χ3n) is 4.06. The molecule has 4 rings (SSSR count). The molecule has 0 fully saturated rings. The fourth-order valence-electron chi connectivity index (χ4n) is 2.76. The molecule has 0 unspecified atom stereocenters. The van der Waals surface area contributed by atoms with Crippen molar-refractivity contribution in [3.05, 3.63) is 114 Å². The Bertz CT molecular complexity index is 1100.